The number of amides is 3. The molecule has 1 fully saturated rings. The van der Waals surface area contributed by atoms with Crippen molar-refractivity contribution >= 4 is 28.7 Å². The van der Waals surface area contributed by atoms with Gasteiger partial charge < -0.3 is 14.6 Å². The minimum atomic E-state index is -1.14. The lowest BCUT2D eigenvalue weighted by atomic mass is 9.89. The van der Waals surface area contributed by atoms with Crippen LogP contribution in [0.4, 0.5) is 4.79 Å². The molecule has 2 aromatic rings. The molecule has 0 saturated carbocycles. The second kappa shape index (κ2) is 8.73. The van der Waals surface area contributed by atoms with Crippen molar-refractivity contribution < 1.29 is 29.0 Å². The highest BCUT2D eigenvalue weighted by Gasteiger charge is 2.53. The van der Waals surface area contributed by atoms with Crippen LogP contribution < -0.4 is 10.2 Å². The summed E-state index contributed by atoms with van der Waals surface area (Å²) in [4.78, 5) is 39.3. The number of fused-ring (bicyclic) bond motifs is 2. The Morgan fingerprint density at radius 1 is 1.06 bits per heavy atom. The highest BCUT2D eigenvalue weighted by molar-refractivity contribution is 6.08. The van der Waals surface area contributed by atoms with Crippen LogP contribution >= 0.6 is 0 Å². The number of hydrazine groups is 1. The largest absolute Gasteiger partial charge is 0.496 e. The summed E-state index contributed by atoms with van der Waals surface area (Å²) in [5, 5.41) is 14.5. The average molecular weight is 468 g/mol. The van der Waals surface area contributed by atoms with Crippen LogP contribution in [0, 0.1) is 5.92 Å². The molecule has 2 aliphatic heterocycles. The minimum absolute atomic E-state index is 0.370. The third-order valence-corrected chi connectivity index (χ3v) is 6.08. The van der Waals surface area contributed by atoms with Gasteiger partial charge in [0.05, 0.1) is 19.1 Å². The molecule has 1 saturated heterocycles. The predicted molar refractivity (Wildman–Crippen MR) is 125 cm³/mol. The van der Waals surface area contributed by atoms with Gasteiger partial charge in [0, 0.05) is 12.4 Å². The number of hydrogen-bond acceptors (Lipinski definition) is 7. The summed E-state index contributed by atoms with van der Waals surface area (Å²) in [6, 6.07) is 9.17. The predicted octanol–water partition coefficient (Wildman–Crippen LogP) is 2.55. The van der Waals surface area contributed by atoms with Crippen molar-refractivity contribution in [2.45, 2.75) is 44.6 Å². The van der Waals surface area contributed by atoms with Gasteiger partial charge in [-0.25, -0.2) is 4.79 Å². The maximum absolute atomic E-state index is 13.0. The molecule has 4 atom stereocenters. The molecular weight excluding hydrogens is 438 g/mol. The lowest BCUT2D eigenvalue weighted by Crippen LogP contribution is -2.61. The Morgan fingerprint density at radius 3 is 2.38 bits per heavy atom. The first-order chi connectivity index (χ1) is 16.0. The van der Waals surface area contributed by atoms with Gasteiger partial charge >= 0.3 is 6.09 Å². The molecule has 9 heteroatoms. The maximum Gasteiger partial charge on any atom is 0.422 e. The number of nitrogens with one attached hydrogen (secondary N) is 1. The third-order valence-electron chi connectivity index (χ3n) is 6.08. The number of nitrogens with zero attached hydrogens (tertiary/aromatic N) is 2. The molecule has 2 N–H and O–H groups in total. The summed E-state index contributed by atoms with van der Waals surface area (Å²) in [6.07, 6.45) is 1.35. The van der Waals surface area contributed by atoms with Gasteiger partial charge in [0.2, 0.25) is 11.8 Å². The second-order valence-corrected chi connectivity index (χ2v) is 9.45. The van der Waals surface area contributed by atoms with Gasteiger partial charge in [-0.2, -0.15) is 5.01 Å². The van der Waals surface area contributed by atoms with Gasteiger partial charge in [-0.3, -0.25) is 19.9 Å². The number of likely N-dealkylation sites (N-methyl/N-ethyl adjacent to an activating group) is 1. The number of ether oxygens (including phenoxy) is 2. The summed E-state index contributed by atoms with van der Waals surface area (Å²) in [5.41, 5.74) is 2.44. The van der Waals surface area contributed by atoms with Crippen LogP contribution in [0.25, 0.3) is 10.8 Å². The standard InChI is InChI=1S/C25H29N3O6/c1-25(2,3)34-24(32)26-28-18(12-10-17-20(28)23(31)27(4)22(17)30)21(29)16-11-13-19(33-5)15-9-7-6-8-14(15)16/h6-13,17-18,20-21,29H,1-5H3,(H,26,32). The first-order valence-electron chi connectivity index (χ1n) is 11.0. The van der Waals surface area contributed by atoms with Crippen molar-refractivity contribution in [3.05, 3.63) is 54.1 Å². The number of aliphatic hydroxyl groups excluding tert-OH is 1. The highest BCUT2D eigenvalue weighted by Crippen LogP contribution is 2.38. The second-order valence-electron chi connectivity index (χ2n) is 9.45. The van der Waals surface area contributed by atoms with Crippen LogP contribution in [0.3, 0.4) is 0 Å². The Hall–Kier alpha value is -3.43. The van der Waals surface area contributed by atoms with E-state index < -0.39 is 41.7 Å². The summed E-state index contributed by atoms with van der Waals surface area (Å²) in [7, 11) is 2.98. The van der Waals surface area contributed by atoms with Crippen LogP contribution in [0.2, 0.25) is 0 Å². The molecular formula is C25H29N3O6. The van der Waals surface area contributed by atoms with E-state index in [9.17, 15) is 19.5 Å². The van der Waals surface area contributed by atoms with E-state index in [1.54, 1.807) is 52.2 Å². The average Bonchev–Trinajstić information content (AvgIpc) is 3.01. The number of aliphatic hydroxyl groups is 1. The number of imide groups is 1. The molecule has 180 valence electrons. The summed E-state index contributed by atoms with van der Waals surface area (Å²) >= 11 is 0. The molecule has 9 nitrogen and oxygen atoms in total. The smallest absolute Gasteiger partial charge is 0.422 e. The molecule has 0 spiro atoms. The molecule has 4 unspecified atom stereocenters. The molecule has 0 aromatic heterocycles. The van der Waals surface area contributed by atoms with E-state index in [1.807, 2.05) is 24.3 Å². The summed E-state index contributed by atoms with van der Waals surface area (Å²) in [5.74, 6) is -0.950. The van der Waals surface area contributed by atoms with E-state index in [4.69, 9.17) is 9.47 Å². The molecule has 0 bridgehead atoms. The van der Waals surface area contributed by atoms with E-state index in [1.165, 1.54) is 12.1 Å². The quantitative estimate of drug-likeness (QED) is 0.525. The van der Waals surface area contributed by atoms with Gasteiger partial charge in [-0.15, -0.1) is 0 Å². The highest BCUT2D eigenvalue weighted by atomic mass is 16.6. The molecule has 2 heterocycles. The fourth-order valence-corrected chi connectivity index (χ4v) is 4.53. The fraction of sp³-hybridized carbons (Fsp3) is 0.400. The van der Waals surface area contributed by atoms with Gasteiger partial charge in [0.1, 0.15) is 23.5 Å². The topological polar surface area (TPSA) is 108 Å². The first-order valence-corrected chi connectivity index (χ1v) is 11.0. The minimum Gasteiger partial charge on any atom is -0.496 e. The lowest BCUT2D eigenvalue weighted by molar-refractivity contribution is -0.139. The number of carbonyl (C=O) groups excluding carboxylic acids is 3. The van der Waals surface area contributed by atoms with Crippen molar-refractivity contribution in [1.82, 2.24) is 15.3 Å². The van der Waals surface area contributed by atoms with E-state index in [0.717, 1.165) is 15.7 Å². The molecule has 3 amide bonds. The van der Waals surface area contributed by atoms with Crippen LogP contribution in [-0.4, -0.2) is 64.8 Å². The number of rotatable bonds is 4. The van der Waals surface area contributed by atoms with Gasteiger partial charge in [0.15, 0.2) is 0 Å². The van der Waals surface area contributed by atoms with Crippen LogP contribution in [0.1, 0.15) is 32.4 Å². The van der Waals surface area contributed by atoms with E-state index in [-0.39, 0.29) is 5.91 Å². The zero-order valence-electron chi connectivity index (χ0n) is 19.8. The first kappa shape index (κ1) is 23.7. The van der Waals surface area contributed by atoms with E-state index in [2.05, 4.69) is 5.43 Å². The van der Waals surface area contributed by atoms with E-state index in [0.29, 0.717) is 11.3 Å². The van der Waals surface area contributed by atoms with Crippen molar-refractivity contribution in [2.75, 3.05) is 14.2 Å². The molecule has 0 aliphatic carbocycles. The van der Waals surface area contributed by atoms with Crippen molar-refractivity contribution in [2.24, 2.45) is 5.92 Å². The SMILES string of the molecule is COc1ccc(C(O)C2C=CC3C(=O)N(C)C(=O)C3N2NC(=O)OC(C)(C)C)c2ccccc12. The molecule has 4 rings (SSSR count). The maximum atomic E-state index is 13.0. The summed E-state index contributed by atoms with van der Waals surface area (Å²) < 4.78 is 10.8. The number of hydrogen-bond donors (Lipinski definition) is 2. The number of methoxy groups -OCH3 is 1. The molecule has 2 aliphatic rings. The van der Waals surface area contributed by atoms with Gasteiger partial charge in [-0.1, -0.05) is 42.5 Å². The lowest BCUT2D eigenvalue weighted by Gasteiger charge is -2.40. The van der Waals surface area contributed by atoms with Crippen molar-refractivity contribution in [3.63, 3.8) is 0 Å². The molecule has 34 heavy (non-hydrogen) atoms. The van der Waals surface area contributed by atoms with Gasteiger partial charge in [0.25, 0.3) is 0 Å². The Bertz CT molecular complexity index is 1170. The molecule has 2 aromatic carbocycles. The van der Waals surface area contributed by atoms with Gasteiger partial charge in [-0.05, 0) is 37.8 Å². The Labute approximate surface area is 197 Å². The third kappa shape index (κ3) is 4.12. The number of likely N-dealkylation sites (tertiary alicyclic amines) is 1. The normalized spacial score (nSPS) is 23.7. The monoisotopic (exact) mass is 467 g/mol. The number of benzene rings is 2. The fourth-order valence-electron chi connectivity index (χ4n) is 4.53. The Balaban J connectivity index is 1.76. The Kier molecular flexibility index (Phi) is 6.09. The van der Waals surface area contributed by atoms with Crippen LogP contribution in [0.15, 0.2) is 48.6 Å². The zero-order valence-corrected chi connectivity index (χ0v) is 19.8. The van der Waals surface area contributed by atoms with E-state index >= 15 is 0 Å². The Morgan fingerprint density at radius 2 is 1.74 bits per heavy atom. The van der Waals surface area contributed by atoms with Crippen molar-refractivity contribution in [1.29, 1.82) is 0 Å². The van der Waals surface area contributed by atoms with Crippen LogP contribution in [-0.2, 0) is 14.3 Å². The number of carbonyl (C=O) groups is 3. The molecule has 0 radical (unpaired) electrons. The summed E-state index contributed by atoms with van der Waals surface area (Å²) in [6.45, 7) is 5.16. The zero-order chi connectivity index (χ0) is 24.8. The van der Waals surface area contributed by atoms with Crippen LogP contribution in [0.5, 0.6) is 5.75 Å². The van der Waals surface area contributed by atoms with Crippen molar-refractivity contribution in [3.8, 4) is 5.75 Å².